The number of benzene rings is 2. The number of fused-ring (bicyclic) bond motifs is 1. The number of nitrogens with zero attached hydrogens (tertiary/aromatic N) is 1. The number of rotatable bonds is 3. The minimum absolute atomic E-state index is 0.286. The molecule has 0 N–H and O–H groups in total. The molecule has 1 aliphatic rings. The van der Waals surface area contributed by atoms with Crippen molar-refractivity contribution in [2.75, 3.05) is 11.5 Å². The molecule has 0 radical (unpaired) electrons. The van der Waals surface area contributed by atoms with Crippen molar-refractivity contribution in [1.82, 2.24) is 0 Å². The standard InChI is InChI=1S/C17H12BrNO4/c1-2-23-17(22)10-3-6-12(7-4-10)19-15(20)13-8-5-11(18)9-14(13)16(19)21/h3-9H,2H2,1H3. The topological polar surface area (TPSA) is 63.7 Å². The summed E-state index contributed by atoms with van der Waals surface area (Å²) in [7, 11) is 0. The van der Waals surface area contributed by atoms with E-state index < -0.39 is 5.97 Å². The second-order valence-corrected chi connectivity index (χ2v) is 5.82. The maximum atomic E-state index is 12.5. The zero-order chi connectivity index (χ0) is 16.6. The van der Waals surface area contributed by atoms with E-state index in [4.69, 9.17) is 4.74 Å². The Labute approximate surface area is 141 Å². The molecule has 2 amide bonds. The van der Waals surface area contributed by atoms with Gasteiger partial charge in [0.2, 0.25) is 0 Å². The average molecular weight is 374 g/mol. The van der Waals surface area contributed by atoms with Crippen LogP contribution < -0.4 is 4.90 Å². The van der Waals surface area contributed by atoms with Gasteiger partial charge >= 0.3 is 5.97 Å². The number of halogens is 1. The summed E-state index contributed by atoms with van der Waals surface area (Å²) in [4.78, 5) is 37.7. The van der Waals surface area contributed by atoms with Crippen molar-refractivity contribution in [2.45, 2.75) is 6.92 Å². The van der Waals surface area contributed by atoms with Gasteiger partial charge in [0, 0.05) is 4.47 Å². The smallest absolute Gasteiger partial charge is 0.338 e. The summed E-state index contributed by atoms with van der Waals surface area (Å²) in [6.07, 6.45) is 0. The van der Waals surface area contributed by atoms with E-state index in [1.165, 1.54) is 12.1 Å². The highest BCUT2D eigenvalue weighted by atomic mass is 79.9. The Hall–Kier alpha value is -2.47. The summed E-state index contributed by atoms with van der Waals surface area (Å²) in [5, 5.41) is 0. The number of hydrogen-bond acceptors (Lipinski definition) is 4. The zero-order valence-electron chi connectivity index (χ0n) is 12.2. The molecule has 0 unspecified atom stereocenters. The number of esters is 1. The number of carbonyl (C=O) groups is 3. The zero-order valence-corrected chi connectivity index (χ0v) is 13.8. The Morgan fingerprint density at radius 2 is 1.70 bits per heavy atom. The first kappa shape index (κ1) is 15.4. The minimum atomic E-state index is -0.439. The van der Waals surface area contributed by atoms with Gasteiger partial charge in [-0.1, -0.05) is 15.9 Å². The normalized spacial score (nSPS) is 13.2. The van der Waals surface area contributed by atoms with E-state index in [1.54, 1.807) is 37.3 Å². The molecule has 0 spiro atoms. The monoisotopic (exact) mass is 373 g/mol. The van der Waals surface area contributed by atoms with E-state index in [0.29, 0.717) is 22.4 Å². The van der Waals surface area contributed by atoms with Gasteiger partial charge in [0.05, 0.1) is 29.0 Å². The fourth-order valence-electron chi connectivity index (χ4n) is 2.41. The summed E-state index contributed by atoms with van der Waals surface area (Å²) >= 11 is 3.30. The molecule has 0 saturated heterocycles. The van der Waals surface area contributed by atoms with Gasteiger partial charge in [0.15, 0.2) is 0 Å². The van der Waals surface area contributed by atoms with Crippen LogP contribution in [0.3, 0.4) is 0 Å². The van der Waals surface area contributed by atoms with Gasteiger partial charge in [-0.15, -0.1) is 0 Å². The number of carbonyl (C=O) groups excluding carboxylic acids is 3. The van der Waals surface area contributed by atoms with Gasteiger partial charge in [-0.05, 0) is 49.4 Å². The highest BCUT2D eigenvalue weighted by Crippen LogP contribution is 2.30. The summed E-state index contributed by atoms with van der Waals surface area (Å²) < 4.78 is 5.64. The maximum Gasteiger partial charge on any atom is 0.338 e. The molecule has 1 heterocycles. The molecule has 0 saturated carbocycles. The van der Waals surface area contributed by atoms with Gasteiger partial charge in [0.25, 0.3) is 11.8 Å². The molecule has 0 atom stereocenters. The summed E-state index contributed by atoms with van der Waals surface area (Å²) in [5.41, 5.74) is 1.52. The van der Waals surface area contributed by atoms with Gasteiger partial charge in [-0.2, -0.15) is 0 Å². The molecule has 0 aliphatic carbocycles. The second kappa shape index (κ2) is 5.96. The Balaban J connectivity index is 1.93. The van der Waals surface area contributed by atoms with Crippen LogP contribution in [-0.4, -0.2) is 24.4 Å². The predicted molar refractivity (Wildman–Crippen MR) is 87.7 cm³/mol. The van der Waals surface area contributed by atoms with Crippen LogP contribution in [0.4, 0.5) is 5.69 Å². The van der Waals surface area contributed by atoms with Crippen molar-refractivity contribution >= 4 is 39.4 Å². The molecule has 2 aromatic carbocycles. The lowest BCUT2D eigenvalue weighted by Gasteiger charge is -2.14. The third-order valence-corrected chi connectivity index (χ3v) is 3.98. The fourth-order valence-corrected chi connectivity index (χ4v) is 2.77. The van der Waals surface area contributed by atoms with Crippen LogP contribution in [0.1, 0.15) is 38.0 Å². The number of ether oxygens (including phenoxy) is 1. The molecule has 116 valence electrons. The van der Waals surface area contributed by atoms with Crippen molar-refractivity contribution in [1.29, 1.82) is 0 Å². The number of imide groups is 1. The van der Waals surface area contributed by atoms with Gasteiger partial charge in [-0.3, -0.25) is 9.59 Å². The second-order valence-electron chi connectivity index (χ2n) is 4.90. The Bertz CT molecular complexity index is 814. The molecular weight excluding hydrogens is 362 g/mol. The largest absolute Gasteiger partial charge is 0.462 e. The molecule has 5 nitrogen and oxygen atoms in total. The van der Waals surface area contributed by atoms with Crippen LogP contribution in [-0.2, 0) is 4.74 Å². The van der Waals surface area contributed by atoms with E-state index >= 15 is 0 Å². The molecule has 0 aromatic heterocycles. The lowest BCUT2D eigenvalue weighted by atomic mass is 10.1. The molecule has 6 heteroatoms. The number of amides is 2. The average Bonchev–Trinajstić information content (AvgIpc) is 2.79. The van der Waals surface area contributed by atoms with Crippen molar-refractivity contribution in [2.24, 2.45) is 0 Å². The first-order valence-corrected chi connectivity index (χ1v) is 7.77. The molecule has 1 aliphatic heterocycles. The Morgan fingerprint density at radius 1 is 1.04 bits per heavy atom. The van der Waals surface area contributed by atoms with Crippen molar-refractivity contribution in [3.63, 3.8) is 0 Å². The lowest BCUT2D eigenvalue weighted by Crippen LogP contribution is -2.29. The lowest BCUT2D eigenvalue weighted by molar-refractivity contribution is 0.0526. The van der Waals surface area contributed by atoms with E-state index in [0.717, 1.165) is 9.37 Å². The van der Waals surface area contributed by atoms with Crippen LogP contribution in [0.2, 0.25) is 0 Å². The predicted octanol–water partition coefficient (Wildman–Crippen LogP) is 3.43. The molecule has 2 aromatic rings. The van der Waals surface area contributed by atoms with Crippen molar-refractivity contribution in [3.8, 4) is 0 Å². The summed E-state index contributed by atoms with van der Waals surface area (Å²) in [6, 6.07) is 11.2. The van der Waals surface area contributed by atoms with Crippen LogP contribution in [0.25, 0.3) is 0 Å². The van der Waals surface area contributed by atoms with E-state index in [9.17, 15) is 14.4 Å². The van der Waals surface area contributed by atoms with Gasteiger partial charge in [0.1, 0.15) is 0 Å². The van der Waals surface area contributed by atoms with Crippen LogP contribution in [0.15, 0.2) is 46.9 Å². The fraction of sp³-hybridized carbons (Fsp3) is 0.118. The third kappa shape index (κ3) is 2.66. The minimum Gasteiger partial charge on any atom is -0.462 e. The molecule has 0 fully saturated rings. The van der Waals surface area contributed by atoms with Gasteiger partial charge < -0.3 is 4.74 Å². The Morgan fingerprint density at radius 3 is 2.35 bits per heavy atom. The van der Waals surface area contributed by atoms with E-state index in [1.807, 2.05) is 0 Å². The van der Waals surface area contributed by atoms with Crippen LogP contribution in [0.5, 0.6) is 0 Å². The molecule has 3 rings (SSSR count). The summed E-state index contributed by atoms with van der Waals surface area (Å²) in [6.45, 7) is 2.01. The third-order valence-electron chi connectivity index (χ3n) is 3.49. The maximum absolute atomic E-state index is 12.5. The van der Waals surface area contributed by atoms with Crippen molar-refractivity contribution in [3.05, 3.63) is 63.6 Å². The molecule has 23 heavy (non-hydrogen) atoms. The van der Waals surface area contributed by atoms with Gasteiger partial charge in [-0.25, -0.2) is 9.69 Å². The van der Waals surface area contributed by atoms with Crippen LogP contribution >= 0.6 is 15.9 Å². The SMILES string of the molecule is CCOC(=O)c1ccc(N2C(=O)c3ccc(Br)cc3C2=O)cc1. The highest BCUT2D eigenvalue weighted by Gasteiger charge is 2.36. The van der Waals surface area contributed by atoms with E-state index in [2.05, 4.69) is 15.9 Å². The quantitative estimate of drug-likeness (QED) is 0.610. The first-order chi connectivity index (χ1) is 11.0. The number of hydrogen-bond donors (Lipinski definition) is 0. The highest BCUT2D eigenvalue weighted by molar-refractivity contribution is 9.10. The Kier molecular flexibility index (Phi) is 4.00. The van der Waals surface area contributed by atoms with Crippen LogP contribution in [0, 0.1) is 0 Å². The number of anilines is 1. The van der Waals surface area contributed by atoms with E-state index in [-0.39, 0.29) is 18.4 Å². The molecule has 0 bridgehead atoms. The van der Waals surface area contributed by atoms with Crippen molar-refractivity contribution < 1.29 is 19.1 Å². The molecular formula is C17H12BrNO4. The summed E-state index contributed by atoms with van der Waals surface area (Å²) in [5.74, 6) is -1.19. The first-order valence-electron chi connectivity index (χ1n) is 6.98.